The maximum Gasteiger partial charge on any atom is 0.257 e. The van der Waals surface area contributed by atoms with Gasteiger partial charge in [0.05, 0.1) is 12.7 Å². The van der Waals surface area contributed by atoms with Crippen molar-refractivity contribution in [1.82, 2.24) is 4.90 Å². The maximum absolute atomic E-state index is 13.2. The Morgan fingerprint density at radius 2 is 2.05 bits per heavy atom. The number of nitrogens with two attached hydrogens (primary N) is 1. The minimum Gasteiger partial charge on any atom is -0.496 e. The van der Waals surface area contributed by atoms with E-state index in [-0.39, 0.29) is 29.9 Å². The molecule has 0 unspecified atom stereocenters. The van der Waals surface area contributed by atoms with Gasteiger partial charge in [-0.3, -0.25) is 4.79 Å². The molecule has 1 fully saturated rings. The average molecular weight is 289 g/mol. The lowest BCUT2D eigenvalue weighted by Gasteiger charge is -2.30. The average Bonchev–Trinajstić information content (AvgIpc) is 2.39. The molecule has 1 aromatic carbocycles. The molecule has 1 saturated heterocycles. The van der Waals surface area contributed by atoms with Crippen molar-refractivity contribution in [3.63, 3.8) is 0 Å². The lowest BCUT2D eigenvalue weighted by atomic mass is 10.0. The molecule has 4 nitrogen and oxygen atoms in total. The topological polar surface area (TPSA) is 55.6 Å². The van der Waals surface area contributed by atoms with Crippen LogP contribution in [0.2, 0.25) is 0 Å². The fourth-order valence-electron chi connectivity index (χ4n) is 2.12. The number of carbonyl (C=O) groups is 1. The molecule has 0 aliphatic carbocycles. The highest BCUT2D eigenvalue weighted by Crippen LogP contribution is 2.22. The van der Waals surface area contributed by atoms with Gasteiger partial charge in [-0.05, 0) is 31.0 Å². The Morgan fingerprint density at radius 1 is 1.42 bits per heavy atom. The summed E-state index contributed by atoms with van der Waals surface area (Å²) >= 11 is 0. The van der Waals surface area contributed by atoms with Gasteiger partial charge in [-0.25, -0.2) is 4.39 Å². The van der Waals surface area contributed by atoms with E-state index >= 15 is 0 Å². The molecule has 1 amide bonds. The van der Waals surface area contributed by atoms with Crippen LogP contribution in [0.4, 0.5) is 4.39 Å². The number of benzene rings is 1. The van der Waals surface area contributed by atoms with E-state index in [1.54, 1.807) is 4.90 Å². The van der Waals surface area contributed by atoms with Crippen LogP contribution < -0.4 is 10.5 Å². The van der Waals surface area contributed by atoms with Crippen molar-refractivity contribution < 1.29 is 13.9 Å². The van der Waals surface area contributed by atoms with Crippen LogP contribution in [-0.4, -0.2) is 37.0 Å². The van der Waals surface area contributed by atoms with Crippen molar-refractivity contribution in [1.29, 1.82) is 0 Å². The van der Waals surface area contributed by atoms with Crippen molar-refractivity contribution in [3.8, 4) is 5.75 Å². The van der Waals surface area contributed by atoms with E-state index in [1.165, 1.54) is 25.3 Å². The summed E-state index contributed by atoms with van der Waals surface area (Å²) in [6, 6.07) is 4.12. The zero-order valence-electron chi connectivity index (χ0n) is 10.8. The predicted molar refractivity (Wildman–Crippen MR) is 73.3 cm³/mol. The molecule has 0 radical (unpaired) electrons. The highest BCUT2D eigenvalue weighted by atomic mass is 35.5. The second-order valence-electron chi connectivity index (χ2n) is 4.47. The first-order valence-corrected chi connectivity index (χ1v) is 6.00. The number of hydrogen-bond donors (Lipinski definition) is 1. The number of piperidine rings is 1. The van der Waals surface area contributed by atoms with Gasteiger partial charge < -0.3 is 15.4 Å². The smallest absolute Gasteiger partial charge is 0.257 e. The normalized spacial score (nSPS) is 15.8. The number of hydrogen-bond acceptors (Lipinski definition) is 3. The van der Waals surface area contributed by atoms with Crippen molar-refractivity contribution in [3.05, 3.63) is 29.6 Å². The van der Waals surface area contributed by atoms with Crippen LogP contribution in [0.15, 0.2) is 18.2 Å². The van der Waals surface area contributed by atoms with E-state index in [1.807, 2.05) is 0 Å². The minimum atomic E-state index is -0.437. The van der Waals surface area contributed by atoms with Crippen molar-refractivity contribution >= 4 is 18.3 Å². The first kappa shape index (κ1) is 15.7. The van der Waals surface area contributed by atoms with Gasteiger partial charge in [0.1, 0.15) is 11.6 Å². The number of methoxy groups -OCH3 is 1. The van der Waals surface area contributed by atoms with Gasteiger partial charge in [0.15, 0.2) is 0 Å². The molecule has 0 spiro atoms. The van der Waals surface area contributed by atoms with Gasteiger partial charge in [-0.1, -0.05) is 0 Å². The number of carbonyl (C=O) groups excluding carboxylic acids is 1. The molecule has 1 aliphatic heterocycles. The molecule has 0 aromatic heterocycles. The summed E-state index contributed by atoms with van der Waals surface area (Å²) in [6.45, 7) is 1.22. The molecule has 0 atom stereocenters. The Morgan fingerprint density at radius 3 is 2.63 bits per heavy atom. The zero-order chi connectivity index (χ0) is 13.1. The monoisotopic (exact) mass is 288 g/mol. The zero-order valence-corrected chi connectivity index (χ0v) is 11.6. The highest BCUT2D eigenvalue weighted by Gasteiger charge is 2.24. The standard InChI is InChI=1S/C13H17FN2O2.ClH/c1-18-12-3-2-9(14)8-11(12)13(17)16-6-4-10(15)5-7-16;/h2-3,8,10H,4-7,15H2,1H3;1H. The van der Waals surface area contributed by atoms with Gasteiger partial charge in [-0.15, -0.1) is 12.4 Å². The summed E-state index contributed by atoms with van der Waals surface area (Å²) < 4.78 is 18.3. The third kappa shape index (κ3) is 3.58. The second-order valence-corrected chi connectivity index (χ2v) is 4.47. The van der Waals surface area contributed by atoms with Crippen molar-refractivity contribution in [2.45, 2.75) is 18.9 Å². The van der Waals surface area contributed by atoms with E-state index in [0.717, 1.165) is 12.8 Å². The molecule has 0 bridgehead atoms. The molecule has 6 heteroatoms. The summed E-state index contributed by atoms with van der Waals surface area (Å²) in [5, 5.41) is 0. The van der Waals surface area contributed by atoms with E-state index in [9.17, 15) is 9.18 Å². The summed E-state index contributed by atoms with van der Waals surface area (Å²) in [4.78, 5) is 14.0. The Kier molecular flexibility index (Phi) is 5.57. The molecule has 0 saturated carbocycles. The number of halogens is 2. The fourth-order valence-corrected chi connectivity index (χ4v) is 2.12. The molecule has 1 heterocycles. The number of likely N-dealkylation sites (tertiary alicyclic amines) is 1. The number of ether oxygens (including phenoxy) is 1. The van der Waals surface area contributed by atoms with E-state index in [2.05, 4.69) is 0 Å². The number of rotatable bonds is 2. The third-order valence-corrected chi connectivity index (χ3v) is 3.22. The molecule has 1 aromatic rings. The molecule has 1 aliphatic rings. The van der Waals surface area contributed by atoms with Crippen LogP contribution in [0.25, 0.3) is 0 Å². The first-order chi connectivity index (χ1) is 8.61. The van der Waals surface area contributed by atoms with Gasteiger partial charge in [0, 0.05) is 19.1 Å². The Labute approximate surface area is 118 Å². The SMILES string of the molecule is COc1ccc(F)cc1C(=O)N1CCC(N)CC1.Cl. The Bertz CT molecular complexity index is 448. The fraction of sp³-hybridized carbons (Fsp3) is 0.462. The molecular weight excluding hydrogens is 271 g/mol. The first-order valence-electron chi connectivity index (χ1n) is 6.00. The largest absolute Gasteiger partial charge is 0.496 e. The van der Waals surface area contributed by atoms with Gasteiger partial charge in [0.2, 0.25) is 0 Å². The predicted octanol–water partition coefficient (Wildman–Crippen LogP) is 1.82. The van der Waals surface area contributed by atoms with Crippen molar-refractivity contribution in [2.75, 3.05) is 20.2 Å². The van der Waals surface area contributed by atoms with Crippen LogP contribution in [0.5, 0.6) is 5.75 Å². The van der Waals surface area contributed by atoms with Crippen LogP contribution in [0.1, 0.15) is 23.2 Å². The van der Waals surface area contributed by atoms with E-state index < -0.39 is 5.82 Å². The number of nitrogens with zero attached hydrogens (tertiary/aromatic N) is 1. The Balaban J connectivity index is 0.00000180. The van der Waals surface area contributed by atoms with Crippen LogP contribution in [0, 0.1) is 5.82 Å². The molecule has 19 heavy (non-hydrogen) atoms. The lowest BCUT2D eigenvalue weighted by molar-refractivity contribution is 0.0711. The third-order valence-electron chi connectivity index (χ3n) is 3.22. The van der Waals surface area contributed by atoms with E-state index in [0.29, 0.717) is 18.8 Å². The minimum absolute atomic E-state index is 0. The van der Waals surface area contributed by atoms with Crippen LogP contribution >= 0.6 is 12.4 Å². The van der Waals surface area contributed by atoms with E-state index in [4.69, 9.17) is 10.5 Å². The maximum atomic E-state index is 13.2. The quantitative estimate of drug-likeness (QED) is 0.903. The molecule has 106 valence electrons. The van der Waals surface area contributed by atoms with Crippen LogP contribution in [0.3, 0.4) is 0 Å². The summed E-state index contributed by atoms with van der Waals surface area (Å²) in [6.07, 6.45) is 1.56. The lowest BCUT2D eigenvalue weighted by Crippen LogP contribution is -2.42. The molecular formula is C13H18ClFN2O2. The summed E-state index contributed by atoms with van der Waals surface area (Å²) in [7, 11) is 1.47. The molecule has 2 N–H and O–H groups in total. The van der Waals surface area contributed by atoms with Crippen LogP contribution in [-0.2, 0) is 0 Å². The Hall–Kier alpha value is -1.33. The highest BCUT2D eigenvalue weighted by molar-refractivity contribution is 5.97. The van der Waals surface area contributed by atoms with Gasteiger partial charge >= 0.3 is 0 Å². The summed E-state index contributed by atoms with van der Waals surface area (Å²) in [5.41, 5.74) is 6.06. The van der Waals surface area contributed by atoms with Crippen molar-refractivity contribution in [2.24, 2.45) is 5.73 Å². The second kappa shape index (κ2) is 6.73. The molecule has 2 rings (SSSR count). The number of amides is 1. The van der Waals surface area contributed by atoms with Gasteiger partial charge in [0.25, 0.3) is 5.91 Å². The summed E-state index contributed by atoms with van der Waals surface area (Å²) in [5.74, 6) is -0.234. The van der Waals surface area contributed by atoms with Gasteiger partial charge in [-0.2, -0.15) is 0 Å².